The minimum absolute atomic E-state index is 0.0395. The number of aryl methyl sites for hydroxylation is 2. The van der Waals surface area contributed by atoms with Crippen molar-refractivity contribution in [1.82, 2.24) is 0 Å². The topological polar surface area (TPSA) is 116 Å². The molecule has 0 heterocycles. The Balaban J connectivity index is 1.82. The fraction of sp³-hybridized carbons (Fsp3) is 0.500. The molecule has 2 aromatic carbocycles. The second kappa shape index (κ2) is 12.9. The van der Waals surface area contributed by atoms with Gasteiger partial charge in [0.05, 0.1) is 19.8 Å². The van der Waals surface area contributed by atoms with Gasteiger partial charge in [-0.3, -0.25) is 4.79 Å². The van der Waals surface area contributed by atoms with Gasteiger partial charge in [0.15, 0.2) is 23.0 Å². The number of aromatic hydroxyl groups is 3. The standard InChI is InChI=1S/C26H36O7/c1-17(2)5-4-12-33-25-15-19(13-23(30)26(25)31)7-10-21(28)16-20(27)9-6-18-8-11-22(29)24(14-18)32-3/h8,11,13-15,17,20,27,29-31H,4-7,9-10,12,16H2,1-3H3/t20-/m1/s1. The first-order valence-corrected chi connectivity index (χ1v) is 11.4. The Morgan fingerprint density at radius 1 is 0.939 bits per heavy atom. The number of aliphatic hydroxyl groups is 1. The summed E-state index contributed by atoms with van der Waals surface area (Å²) in [4.78, 5) is 12.3. The highest BCUT2D eigenvalue weighted by atomic mass is 16.5. The van der Waals surface area contributed by atoms with Crippen LogP contribution in [0, 0.1) is 5.92 Å². The number of aliphatic hydroxyl groups excluding tert-OH is 1. The highest BCUT2D eigenvalue weighted by Crippen LogP contribution is 2.37. The van der Waals surface area contributed by atoms with Crippen molar-refractivity contribution >= 4 is 5.78 Å². The number of methoxy groups -OCH3 is 1. The summed E-state index contributed by atoms with van der Waals surface area (Å²) < 4.78 is 10.7. The maximum absolute atomic E-state index is 12.3. The first-order valence-electron chi connectivity index (χ1n) is 11.4. The van der Waals surface area contributed by atoms with Gasteiger partial charge in [-0.15, -0.1) is 0 Å². The Kier molecular flexibility index (Phi) is 10.3. The number of phenols is 3. The van der Waals surface area contributed by atoms with E-state index in [0.29, 0.717) is 43.1 Å². The number of ether oxygens (including phenoxy) is 2. The molecule has 0 bridgehead atoms. The predicted molar refractivity (Wildman–Crippen MR) is 126 cm³/mol. The summed E-state index contributed by atoms with van der Waals surface area (Å²) in [5.74, 6) is 0.550. The molecule has 0 aliphatic heterocycles. The van der Waals surface area contributed by atoms with Gasteiger partial charge in [-0.05, 0) is 73.4 Å². The summed E-state index contributed by atoms with van der Waals surface area (Å²) in [5.41, 5.74) is 1.58. The second-order valence-electron chi connectivity index (χ2n) is 8.79. The molecule has 182 valence electrons. The number of carbonyl (C=O) groups excluding carboxylic acids is 1. The summed E-state index contributed by atoms with van der Waals surface area (Å²) in [6.45, 7) is 4.69. The lowest BCUT2D eigenvalue weighted by Crippen LogP contribution is -2.15. The molecule has 0 saturated carbocycles. The van der Waals surface area contributed by atoms with Gasteiger partial charge >= 0.3 is 0 Å². The van der Waals surface area contributed by atoms with Crippen molar-refractivity contribution in [2.24, 2.45) is 5.92 Å². The molecule has 0 aromatic heterocycles. The summed E-state index contributed by atoms with van der Waals surface area (Å²) in [6.07, 6.45) is 2.66. The molecule has 0 aliphatic carbocycles. The zero-order valence-electron chi connectivity index (χ0n) is 19.7. The smallest absolute Gasteiger partial charge is 0.200 e. The van der Waals surface area contributed by atoms with E-state index in [1.165, 1.54) is 13.2 Å². The van der Waals surface area contributed by atoms with Crippen LogP contribution >= 0.6 is 0 Å². The van der Waals surface area contributed by atoms with E-state index < -0.39 is 6.10 Å². The van der Waals surface area contributed by atoms with Crippen LogP contribution in [0.5, 0.6) is 28.7 Å². The van der Waals surface area contributed by atoms with Gasteiger partial charge in [0.1, 0.15) is 5.78 Å². The minimum atomic E-state index is -0.773. The normalized spacial score (nSPS) is 12.0. The Morgan fingerprint density at radius 3 is 2.36 bits per heavy atom. The molecular weight excluding hydrogens is 424 g/mol. The van der Waals surface area contributed by atoms with E-state index in [1.54, 1.807) is 24.3 Å². The van der Waals surface area contributed by atoms with Crippen molar-refractivity contribution in [3.63, 3.8) is 0 Å². The van der Waals surface area contributed by atoms with Crippen LogP contribution in [0.1, 0.15) is 57.1 Å². The van der Waals surface area contributed by atoms with Crippen LogP contribution in [0.4, 0.5) is 0 Å². The minimum Gasteiger partial charge on any atom is -0.504 e. The molecule has 2 rings (SSSR count). The zero-order chi connectivity index (χ0) is 24.4. The van der Waals surface area contributed by atoms with E-state index in [1.807, 2.05) is 0 Å². The van der Waals surface area contributed by atoms with Gasteiger partial charge in [0, 0.05) is 12.8 Å². The largest absolute Gasteiger partial charge is 0.504 e. The zero-order valence-corrected chi connectivity index (χ0v) is 19.7. The van der Waals surface area contributed by atoms with Crippen molar-refractivity contribution in [3.05, 3.63) is 41.5 Å². The molecule has 0 radical (unpaired) electrons. The van der Waals surface area contributed by atoms with E-state index in [-0.39, 0.29) is 41.6 Å². The van der Waals surface area contributed by atoms with Gasteiger partial charge in [-0.25, -0.2) is 0 Å². The molecule has 0 saturated heterocycles. The monoisotopic (exact) mass is 460 g/mol. The van der Waals surface area contributed by atoms with Crippen LogP contribution in [0.15, 0.2) is 30.3 Å². The fourth-order valence-electron chi connectivity index (χ4n) is 3.54. The van der Waals surface area contributed by atoms with Crippen molar-refractivity contribution in [1.29, 1.82) is 0 Å². The van der Waals surface area contributed by atoms with Crippen LogP contribution in [0.25, 0.3) is 0 Å². The van der Waals surface area contributed by atoms with Crippen LogP contribution in [-0.2, 0) is 17.6 Å². The molecule has 0 fully saturated rings. The average Bonchev–Trinajstić information content (AvgIpc) is 2.77. The third kappa shape index (κ3) is 8.85. The van der Waals surface area contributed by atoms with Gasteiger partial charge in [0.25, 0.3) is 0 Å². The molecule has 0 amide bonds. The summed E-state index contributed by atoms with van der Waals surface area (Å²) >= 11 is 0. The number of phenolic OH excluding ortho intramolecular Hbond substituents is 3. The van der Waals surface area contributed by atoms with E-state index in [0.717, 1.165) is 18.4 Å². The van der Waals surface area contributed by atoms with Gasteiger partial charge < -0.3 is 29.9 Å². The Labute approximate surface area is 195 Å². The number of hydrogen-bond donors (Lipinski definition) is 4. The maximum Gasteiger partial charge on any atom is 0.200 e. The molecule has 0 unspecified atom stereocenters. The van der Waals surface area contributed by atoms with Gasteiger partial charge in [-0.1, -0.05) is 19.9 Å². The maximum atomic E-state index is 12.3. The average molecular weight is 461 g/mol. The Bertz CT molecular complexity index is 908. The third-order valence-corrected chi connectivity index (χ3v) is 5.46. The third-order valence-electron chi connectivity index (χ3n) is 5.46. The number of ketones is 1. The molecule has 1 atom stereocenters. The van der Waals surface area contributed by atoms with E-state index in [9.17, 15) is 25.2 Å². The number of rotatable bonds is 14. The van der Waals surface area contributed by atoms with Crippen LogP contribution in [0.3, 0.4) is 0 Å². The van der Waals surface area contributed by atoms with Gasteiger partial charge in [-0.2, -0.15) is 0 Å². The lowest BCUT2D eigenvalue weighted by molar-refractivity contribution is -0.121. The molecule has 33 heavy (non-hydrogen) atoms. The fourth-order valence-corrected chi connectivity index (χ4v) is 3.54. The van der Waals surface area contributed by atoms with Crippen molar-refractivity contribution in [3.8, 4) is 28.7 Å². The first-order chi connectivity index (χ1) is 15.7. The van der Waals surface area contributed by atoms with Crippen LogP contribution in [0.2, 0.25) is 0 Å². The number of benzene rings is 2. The lowest BCUT2D eigenvalue weighted by Gasteiger charge is -2.13. The van der Waals surface area contributed by atoms with Gasteiger partial charge in [0.2, 0.25) is 5.75 Å². The molecule has 0 aliphatic rings. The second-order valence-corrected chi connectivity index (χ2v) is 8.79. The molecular formula is C26H36O7. The summed E-state index contributed by atoms with van der Waals surface area (Å²) in [6, 6.07) is 8.08. The highest BCUT2D eigenvalue weighted by Gasteiger charge is 2.15. The highest BCUT2D eigenvalue weighted by molar-refractivity contribution is 5.79. The first kappa shape index (κ1) is 26.3. The Morgan fingerprint density at radius 2 is 1.67 bits per heavy atom. The van der Waals surface area contributed by atoms with E-state index in [2.05, 4.69) is 13.8 Å². The molecule has 0 spiro atoms. The summed E-state index contributed by atoms with van der Waals surface area (Å²) in [5, 5.41) is 39.9. The number of carbonyl (C=O) groups is 1. The molecule has 2 aromatic rings. The number of Topliss-reactive ketones (excluding diaryl/α,β-unsaturated/α-hetero) is 1. The number of hydrogen-bond acceptors (Lipinski definition) is 7. The molecule has 7 nitrogen and oxygen atoms in total. The lowest BCUT2D eigenvalue weighted by atomic mass is 9.99. The van der Waals surface area contributed by atoms with E-state index >= 15 is 0 Å². The summed E-state index contributed by atoms with van der Waals surface area (Å²) in [7, 11) is 1.47. The van der Waals surface area contributed by atoms with Crippen molar-refractivity contribution < 1.29 is 34.7 Å². The Hall–Kier alpha value is -2.93. The van der Waals surface area contributed by atoms with Crippen LogP contribution in [-0.4, -0.2) is 46.0 Å². The van der Waals surface area contributed by atoms with Crippen LogP contribution < -0.4 is 9.47 Å². The molecule has 7 heteroatoms. The molecule has 4 N–H and O–H groups in total. The quantitative estimate of drug-likeness (QED) is 0.242. The van der Waals surface area contributed by atoms with Crippen molar-refractivity contribution in [2.75, 3.05) is 13.7 Å². The predicted octanol–water partition coefficient (Wildman–Crippen LogP) is 4.51. The van der Waals surface area contributed by atoms with E-state index in [4.69, 9.17) is 9.47 Å². The SMILES string of the molecule is COc1cc(CC[C@@H](O)CC(=O)CCc2cc(O)c(O)c(OCCCC(C)C)c2)ccc1O. The van der Waals surface area contributed by atoms with Crippen molar-refractivity contribution in [2.45, 2.75) is 64.9 Å².